The van der Waals surface area contributed by atoms with Crippen molar-refractivity contribution in [3.05, 3.63) is 83.9 Å². The van der Waals surface area contributed by atoms with E-state index in [0.717, 1.165) is 34.6 Å². The van der Waals surface area contributed by atoms with Crippen molar-refractivity contribution in [1.29, 1.82) is 0 Å². The third-order valence-electron chi connectivity index (χ3n) is 4.50. The van der Waals surface area contributed by atoms with Crippen LogP contribution in [0.1, 0.15) is 5.56 Å². The van der Waals surface area contributed by atoms with E-state index in [2.05, 4.69) is 5.32 Å². The molecular formula is C22H20F2N2O4S. The van der Waals surface area contributed by atoms with E-state index in [1.807, 2.05) is 0 Å². The zero-order valence-corrected chi connectivity index (χ0v) is 17.6. The number of amides is 1. The molecule has 31 heavy (non-hydrogen) atoms. The van der Waals surface area contributed by atoms with E-state index in [9.17, 15) is 22.0 Å². The van der Waals surface area contributed by atoms with Crippen molar-refractivity contribution in [3.8, 4) is 5.75 Å². The second kappa shape index (κ2) is 9.13. The van der Waals surface area contributed by atoms with Gasteiger partial charge in [0.05, 0.1) is 17.7 Å². The Labute approximate surface area is 179 Å². The number of methoxy groups -OCH3 is 1. The third-order valence-corrected chi connectivity index (χ3v) is 6.27. The summed E-state index contributed by atoms with van der Waals surface area (Å²) in [6.07, 6.45) is 0. The molecule has 0 aliphatic rings. The standard InChI is InChI=1S/C22H20F2N2O4S/c1-15-7-10-17(13-19(15)24)25-22(27)14-26(20-5-3-4-6-21(20)30-2)31(28,29)18-11-8-16(23)9-12-18/h3-13H,14H2,1-2H3,(H,25,27). The van der Waals surface area contributed by atoms with Gasteiger partial charge in [-0.25, -0.2) is 17.2 Å². The van der Waals surface area contributed by atoms with E-state index < -0.39 is 34.1 Å². The van der Waals surface area contributed by atoms with Gasteiger partial charge in [0, 0.05) is 5.69 Å². The summed E-state index contributed by atoms with van der Waals surface area (Å²) in [5.74, 6) is -1.57. The Bertz CT molecular complexity index is 1200. The number of halogens is 2. The van der Waals surface area contributed by atoms with E-state index in [1.165, 1.54) is 25.3 Å². The SMILES string of the molecule is COc1ccccc1N(CC(=O)Nc1ccc(C)c(F)c1)S(=O)(=O)c1ccc(F)cc1. The van der Waals surface area contributed by atoms with E-state index in [1.54, 1.807) is 25.1 Å². The van der Waals surface area contributed by atoms with Gasteiger partial charge in [-0.15, -0.1) is 0 Å². The summed E-state index contributed by atoms with van der Waals surface area (Å²) >= 11 is 0. The number of anilines is 2. The fourth-order valence-electron chi connectivity index (χ4n) is 2.87. The molecule has 0 saturated heterocycles. The van der Waals surface area contributed by atoms with Gasteiger partial charge in [-0.2, -0.15) is 0 Å². The number of hydrogen-bond acceptors (Lipinski definition) is 4. The topological polar surface area (TPSA) is 75.7 Å². The zero-order chi connectivity index (χ0) is 22.6. The number of carbonyl (C=O) groups excluding carboxylic acids is 1. The molecule has 1 N–H and O–H groups in total. The highest BCUT2D eigenvalue weighted by atomic mass is 32.2. The number of nitrogens with zero attached hydrogens (tertiary/aromatic N) is 1. The minimum atomic E-state index is -4.25. The number of para-hydroxylation sites is 2. The van der Waals surface area contributed by atoms with Gasteiger partial charge in [0.15, 0.2) is 0 Å². The van der Waals surface area contributed by atoms with Crippen LogP contribution in [0.2, 0.25) is 0 Å². The van der Waals surface area contributed by atoms with Crippen molar-refractivity contribution in [1.82, 2.24) is 0 Å². The maximum Gasteiger partial charge on any atom is 0.264 e. The van der Waals surface area contributed by atoms with Crippen molar-refractivity contribution in [2.75, 3.05) is 23.3 Å². The highest BCUT2D eigenvalue weighted by molar-refractivity contribution is 7.92. The predicted molar refractivity (Wildman–Crippen MR) is 114 cm³/mol. The molecule has 0 aromatic heterocycles. The third kappa shape index (κ3) is 5.00. The Balaban J connectivity index is 1.98. The molecule has 6 nitrogen and oxygen atoms in total. The number of carbonyl (C=O) groups is 1. The normalized spacial score (nSPS) is 11.1. The number of aryl methyl sites for hydroxylation is 1. The number of hydrogen-bond donors (Lipinski definition) is 1. The van der Waals surface area contributed by atoms with E-state index in [-0.39, 0.29) is 22.0 Å². The zero-order valence-electron chi connectivity index (χ0n) is 16.8. The first-order valence-electron chi connectivity index (χ1n) is 9.19. The van der Waals surface area contributed by atoms with Crippen LogP contribution in [-0.4, -0.2) is 28.0 Å². The van der Waals surface area contributed by atoms with Gasteiger partial charge in [0.25, 0.3) is 10.0 Å². The minimum Gasteiger partial charge on any atom is -0.495 e. The Morgan fingerprint density at radius 3 is 2.35 bits per heavy atom. The molecule has 162 valence electrons. The van der Waals surface area contributed by atoms with E-state index >= 15 is 0 Å². The summed E-state index contributed by atoms with van der Waals surface area (Å²) in [6, 6.07) is 14.7. The molecule has 0 aliphatic carbocycles. The van der Waals surface area contributed by atoms with E-state index in [4.69, 9.17) is 4.74 Å². The van der Waals surface area contributed by atoms with Gasteiger partial charge < -0.3 is 10.1 Å². The van der Waals surface area contributed by atoms with Crippen LogP contribution >= 0.6 is 0 Å². The number of rotatable bonds is 7. The Kier molecular flexibility index (Phi) is 6.55. The number of nitrogens with one attached hydrogen (secondary N) is 1. The van der Waals surface area contributed by atoms with Crippen LogP contribution in [-0.2, 0) is 14.8 Å². The maximum absolute atomic E-state index is 13.8. The van der Waals surface area contributed by atoms with Gasteiger partial charge in [-0.1, -0.05) is 18.2 Å². The molecule has 1 amide bonds. The summed E-state index contributed by atoms with van der Waals surface area (Å²) in [5.41, 5.74) is 0.722. The molecule has 0 bridgehead atoms. The first-order chi connectivity index (χ1) is 14.7. The van der Waals surface area contributed by atoms with Crippen LogP contribution in [0.5, 0.6) is 5.75 Å². The molecule has 9 heteroatoms. The first kappa shape index (κ1) is 22.2. The second-order valence-corrected chi connectivity index (χ2v) is 8.51. The number of sulfonamides is 1. The van der Waals surface area contributed by atoms with Crippen molar-refractivity contribution >= 4 is 27.3 Å². The molecule has 0 aliphatic heterocycles. The molecule has 0 fully saturated rings. The molecule has 0 atom stereocenters. The van der Waals surface area contributed by atoms with Gasteiger partial charge in [0.2, 0.25) is 5.91 Å². The predicted octanol–water partition coefficient (Wildman–Crippen LogP) is 4.12. The van der Waals surface area contributed by atoms with Crippen LogP contribution < -0.4 is 14.4 Å². The Morgan fingerprint density at radius 1 is 1.03 bits per heavy atom. The smallest absolute Gasteiger partial charge is 0.264 e. The largest absolute Gasteiger partial charge is 0.495 e. The molecule has 3 aromatic carbocycles. The summed E-state index contributed by atoms with van der Waals surface area (Å²) in [5, 5.41) is 2.49. The quantitative estimate of drug-likeness (QED) is 0.593. The highest BCUT2D eigenvalue weighted by Crippen LogP contribution is 2.32. The fraction of sp³-hybridized carbons (Fsp3) is 0.136. The van der Waals surface area contributed by atoms with Crippen molar-refractivity contribution in [2.45, 2.75) is 11.8 Å². The lowest BCUT2D eigenvalue weighted by Crippen LogP contribution is -2.38. The average molecular weight is 446 g/mol. The van der Waals surface area contributed by atoms with Crippen LogP contribution in [0.25, 0.3) is 0 Å². The van der Waals surface area contributed by atoms with Gasteiger partial charge >= 0.3 is 0 Å². The lowest BCUT2D eigenvalue weighted by Gasteiger charge is -2.25. The molecule has 3 rings (SSSR count). The molecular weight excluding hydrogens is 426 g/mol. The molecule has 0 unspecified atom stereocenters. The molecule has 0 saturated carbocycles. The Hall–Kier alpha value is -3.46. The van der Waals surface area contributed by atoms with E-state index in [0.29, 0.717) is 5.56 Å². The van der Waals surface area contributed by atoms with Crippen molar-refractivity contribution < 1.29 is 26.7 Å². The second-order valence-electron chi connectivity index (χ2n) is 6.65. The van der Waals surface area contributed by atoms with Crippen LogP contribution in [0.15, 0.2) is 71.6 Å². The summed E-state index contributed by atoms with van der Waals surface area (Å²) in [4.78, 5) is 12.5. The molecule has 0 heterocycles. The van der Waals surface area contributed by atoms with Gasteiger partial charge in [-0.05, 0) is 61.0 Å². The number of benzene rings is 3. The molecule has 0 radical (unpaired) electrons. The summed E-state index contributed by atoms with van der Waals surface area (Å²) in [6.45, 7) is 0.967. The molecule has 0 spiro atoms. The summed E-state index contributed by atoms with van der Waals surface area (Å²) < 4.78 is 59.8. The summed E-state index contributed by atoms with van der Waals surface area (Å²) in [7, 11) is -2.88. The fourth-order valence-corrected chi connectivity index (χ4v) is 4.30. The maximum atomic E-state index is 13.8. The average Bonchev–Trinajstić information content (AvgIpc) is 2.75. The molecule has 3 aromatic rings. The van der Waals surface area contributed by atoms with Crippen molar-refractivity contribution in [3.63, 3.8) is 0 Å². The lowest BCUT2D eigenvalue weighted by molar-refractivity contribution is -0.114. The van der Waals surface area contributed by atoms with Gasteiger partial charge in [0.1, 0.15) is 23.9 Å². The minimum absolute atomic E-state index is 0.125. The highest BCUT2D eigenvalue weighted by Gasteiger charge is 2.29. The first-order valence-corrected chi connectivity index (χ1v) is 10.6. The van der Waals surface area contributed by atoms with Gasteiger partial charge in [-0.3, -0.25) is 9.10 Å². The number of ether oxygens (including phenoxy) is 1. The Morgan fingerprint density at radius 2 is 1.71 bits per heavy atom. The van der Waals surface area contributed by atoms with Crippen LogP contribution in [0.4, 0.5) is 20.2 Å². The monoisotopic (exact) mass is 446 g/mol. The van der Waals surface area contributed by atoms with Crippen LogP contribution in [0.3, 0.4) is 0 Å². The van der Waals surface area contributed by atoms with Crippen LogP contribution in [0, 0.1) is 18.6 Å². The van der Waals surface area contributed by atoms with Crippen molar-refractivity contribution in [2.24, 2.45) is 0 Å². The lowest BCUT2D eigenvalue weighted by atomic mass is 10.2.